The summed E-state index contributed by atoms with van der Waals surface area (Å²) in [6.07, 6.45) is 0.826. The molecule has 0 saturated carbocycles. The molecule has 0 saturated heterocycles. The summed E-state index contributed by atoms with van der Waals surface area (Å²) in [5, 5.41) is 0. The molecule has 1 nitrogen and oxygen atoms in total. The van der Waals surface area contributed by atoms with Gasteiger partial charge in [0.2, 0.25) is 0 Å². The lowest BCUT2D eigenvalue weighted by atomic mass is 10.1. The van der Waals surface area contributed by atoms with Gasteiger partial charge in [-0.2, -0.15) is 0 Å². The lowest BCUT2D eigenvalue weighted by Gasteiger charge is -2.09. The molecule has 0 amide bonds. The molecule has 0 radical (unpaired) electrons. The number of halogens is 2. The van der Waals surface area contributed by atoms with Crippen molar-refractivity contribution in [1.82, 2.24) is 0 Å². The third-order valence-electron chi connectivity index (χ3n) is 1.90. The van der Waals surface area contributed by atoms with Gasteiger partial charge in [0, 0.05) is 0 Å². The van der Waals surface area contributed by atoms with Crippen molar-refractivity contribution in [3.05, 3.63) is 30.3 Å². The molecule has 0 bridgehead atoms. The van der Waals surface area contributed by atoms with Gasteiger partial charge in [-0.1, -0.05) is 55.2 Å². The average Bonchev–Trinajstić information content (AvgIpc) is 2.17. The summed E-state index contributed by atoms with van der Waals surface area (Å²) in [5.41, 5.74) is 1.74. The summed E-state index contributed by atoms with van der Waals surface area (Å²) in [5.74, 6) is 0.507. The highest BCUT2D eigenvalue weighted by molar-refractivity contribution is 6.54. The maximum Gasteiger partial charge on any atom is 0.145 e. The number of para-hydroxylation sites is 1. The Bertz CT molecular complexity index is 318. The molecule has 3 heteroatoms. The molecule has 0 spiro atoms. The highest BCUT2D eigenvalue weighted by Gasteiger charge is 2.11. The second kappa shape index (κ2) is 6.14. The standard InChI is InChI=1S/C12H15Cl2N/c1-9(2)8-11(12(13)14)15-10-6-4-3-5-7-10/h3-7,9,12H,8H2,1-2H3. The molecule has 0 aliphatic carbocycles. The van der Waals surface area contributed by atoms with Crippen molar-refractivity contribution >= 4 is 34.6 Å². The van der Waals surface area contributed by atoms with Gasteiger partial charge in [-0.25, -0.2) is 0 Å². The van der Waals surface area contributed by atoms with Gasteiger partial charge in [0.05, 0.1) is 11.4 Å². The fraction of sp³-hybridized carbons (Fsp3) is 0.417. The van der Waals surface area contributed by atoms with E-state index in [1.54, 1.807) is 0 Å². The first kappa shape index (κ1) is 12.5. The molecule has 82 valence electrons. The Morgan fingerprint density at radius 3 is 2.27 bits per heavy atom. The van der Waals surface area contributed by atoms with Crippen LogP contribution in [0.2, 0.25) is 0 Å². The van der Waals surface area contributed by atoms with E-state index in [1.807, 2.05) is 30.3 Å². The molecule has 0 unspecified atom stereocenters. The Kier molecular flexibility index (Phi) is 5.13. The molecule has 0 aliphatic rings. The molecule has 1 aromatic carbocycles. The topological polar surface area (TPSA) is 12.4 Å². The molecule has 0 atom stereocenters. The van der Waals surface area contributed by atoms with Gasteiger partial charge in [0.25, 0.3) is 0 Å². The van der Waals surface area contributed by atoms with Crippen LogP contribution in [-0.4, -0.2) is 10.5 Å². The van der Waals surface area contributed by atoms with E-state index in [4.69, 9.17) is 23.2 Å². The van der Waals surface area contributed by atoms with E-state index in [2.05, 4.69) is 18.8 Å². The van der Waals surface area contributed by atoms with Gasteiger partial charge >= 0.3 is 0 Å². The molecule has 0 N–H and O–H groups in total. The highest BCUT2D eigenvalue weighted by Crippen LogP contribution is 2.18. The number of hydrogen-bond donors (Lipinski definition) is 0. The summed E-state index contributed by atoms with van der Waals surface area (Å²) >= 11 is 11.7. The Morgan fingerprint density at radius 2 is 1.80 bits per heavy atom. The first-order valence-corrected chi connectivity index (χ1v) is 5.87. The van der Waals surface area contributed by atoms with Gasteiger partial charge in [-0.15, -0.1) is 0 Å². The van der Waals surface area contributed by atoms with Crippen LogP contribution in [-0.2, 0) is 0 Å². The van der Waals surface area contributed by atoms with Crippen molar-refractivity contribution in [2.24, 2.45) is 10.9 Å². The molecule has 0 aromatic heterocycles. The lowest BCUT2D eigenvalue weighted by molar-refractivity contribution is 0.681. The normalized spacial score (nSPS) is 12.5. The Balaban J connectivity index is 2.84. The average molecular weight is 244 g/mol. The van der Waals surface area contributed by atoms with Gasteiger partial charge in [-0.3, -0.25) is 4.99 Å². The van der Waals surface area contributed by atoms with Crippen LogP contribution in [0.5, 0.6) is 0 Å². The maximum absolute atomic E-state index is 5.87. The number of hydrogen-bond acceptors (Lipinski definition) is 1. The summed E-state index contributed by atoms with van der Waals surface area (Å²) in [6, 6.07) is 9.74. The first-order chi connectivity index (χ1) is 7.09. The van der Waals surface area contributed by atoms with Crippen LogP contribution in [0.4, 0.5) is 5.69 Å². The van der Waals surface area contributed by atoms with Crippen LogP contribution in [0.25, 0.3) is 0 Å². The number of alkyl halides is 2. The summed E-state index contributed by atoms with van der Waals surface area (Å²) in [4.78, 5) is 3.93. The zero-order chi connectivity index (χ0) is 11.3. The molecule has 1 rings (SSSR count). The molecular formula is C12H15Cl2N. The largest absolute Gasteiger partial charge is 0.255 e. The van der Waals surface area contributed by atoms with Crippen molar-refractivity contribution in [2.75, 3.05) is 0 Å². The summed E-state index contributed by atoms with van der Waals surface area (Å²) in [7, 11) is 0. The van der Waals surface area contributed by atoms with E-state index in [0.717, 1.165) is 17.8 Å². The summed E-state index contributed by atoms with van der Waals surface area (Å²) in [6.45, 7) is 4.24. The second-order valence-corrected chi connectivity index (χ2v) is 4.93. The van der Waals surface area contributed by atoms with Crippen molar-refractivity contribution in [2.45, 2.75) is 25.1 Å². The molecule has 1 aromatic rings. The van der Waals surface area contributed by atoms with Crippen LogP contribution in [0.15, 0.2) is 35.3 Å². The molecular weight excluding hydrogens is 229 g/mol. The molecule has 0 heterocycles. The predicted octanol–water partition coefficient (Wildman–Crippen LogP) is 4.61. The van der Waals surface area contributed by atoms with E-state index >= 15 is 0 Å². The molecule has 15 heavy (non-hydrogen) atoms. The van der Waals surface area contributed by atoms with Crippen molar-refractivity contribution in [3.8, 4) is 0 Å². The van der Waals surface area contributed by atoms with Crippen LogP contribution < -0.4 is 0 Å². The molecule has 0 aliphatic heterocycles. The van der Waals surface area contributed by atoms with Gasteiger partial charge < -0.3 is 0 Å². The Morgan fingerprint density at radius 1 is 1.20 bits per heavy atom. The Hall–Kier alpha value is -0.530. The van der Waals surface area contributed by atoms with E-state index < -0.39 is 4.84 Å². The highest BCUT2D eigenvalue weighted by atomic mass is 35.5. The van der Waals surface area contributed by atoms with Crippen molar-refractivity contribution in [3.63, 3.8) is 0 Å². The van der Waals surface area contributed by atoms with Crippen molar-refractivity contribution < 1.29 is 0 Å². The quantitative estimate of drug-likeness (QED) is 0.541. The van der Waals surface area contributed by atoms with E-state index in [1.165, 1.54) is 0 Å². The van der Waals surface area contributed by atoms with Crippen LogP contribution >= 0.6 is 23.2 Å². The van der Waals surface area contributed by atoms with Crippen LogP contribution in [0, 0.1) is 5.92 Å². The summed E-state index contributed by atoms with van der Waals surface area (Å²) < 4.78 is 0. The third-order valence-corrected chi connectivity index (χ3v) is 2.40. The minimum absolute atomic E-state index is 0.507. The van der Waals surface area contributed by atoms with Gasteiger partial charge in [0.1, 0.15) is 4.84 Å². The Labute approximate surface area is 101 Å². The second-order valence-electron chi connectivity index (χ2n) is 3.84. The van der Waals surface area contributed by atoms with Crippen molar-refractivity contribution in [1.29, 1.82) is 0 Å². The molecule has 0 fully saturated rings. The number of rotatable bonds is 4. The predicted molar refractivity (Wildman–Crippen MR) is 68.5 cm³/mol. The minimum atomic E-state index is -0.521. The van der Waals surface area contributed by atoms with E-state index in [-0.39, 0.29) is 0 Å². The van der Waals surface area contributed by atoms with E-state index in [0.29, 0.717) is 5.92 Å². The number of nitrogens with zero attached hydrogens (tertiary/aromatic N) is 1. The fourth-order valence-electron chi connectivity index (χ4n) is 1.27. The first-order valence-electron chi connectivity index (χ1n) is 5.00. The SMILES string of the molecule is CC(C)CC(=Nc1ccccc1)C(Cl)Cl. The third kappa shape index (κ3) is 4.67. The van der Waals surface area contributed by atoms with E-state index in [9.17, 15) is 0 Å². The number of benzene rings is 1. The van der Waals surface area contributed by atoms with Gasteiger partial charge in [-0.05, 0) is 24.5 Å². The smallest absolute Gasteiger partial charge is 0.145 e. The lowest BCUT2D eigenvalue weighted by Crippen LogP contribution is -2.11. The minimum Gasteiger partial charge on any atom is -0.255 e. The maximum atomic E-state index is 5.87. The zero-order valence-electron chi connectivity index (χ0n) is 8.95. The van der Waals surface area contributed by atoms with Crippen LogP contribution in [0.3, 0.4) is 0 Å². The van der Waals surface area contributed by atoms with Crippen LogP contribution in [0.1, 0.15) is 20.3 Å². The number of aliphatic imine (C=N–C) groups is 1. The zero-order valence-corrected chi connectivity index (χ0v) is 10.5. The monoisotopic (exact) mass is 243 g/mol. The fourth-order valence-corrected chi connectivity index (χ4v) is 1.55. The van der Waals surface area contributed by atoms with Gasteiger partial charge in [0.15, 0.2) is 0 Å².